The molecule has 1 amide bonds. The van der Waals surface area contributed by atoms with Crippen LogP contribution in [-0.4, -0.2) is 37.5 Å². The third-order valence-corrected chi connectivity index (χ3v) is 3.87. The van der Waals surface area contributed by atoms with Crippen molar-refractivity contribution in [1.82, 2.24) is 4.90 Å². The Morgan fingerprint density at radius 1 is 1.32 bits per heavy atom. The molecular formula is C15H25NO3. The Hall–Kier alpha value is -1.32. The van der Waals surface area contributed by atoms with E-state index < -0.39 is 0 Å². The quantitative estimate of drug-likeness (QED) is 0.404. The Morgan fingerprint density at radius 2 is 2.00 bits per heavy atom. The molecule has 108 valence electrons. The van der Waals surface area contributed by atoms with Crippen LogP contribution in [-0.2, 0) is 14.3 Å². The monoisotopic (exact) mass is 267 g/mol. The number of hydrogen-bond donors (Lipinski definition) is 0. The minimum atomic E-state index is -0.242. The molecule has 2 atom stereocenters. The van der Waals surface area contributed by atoms with E-state index in [-0.39, 0.29) is 23.7 Å². The van der Waals surface area contributed by atoms with Gasteiger partial charge < -0.3 is 9.64 Å². The maximum absolute atomic E-state index is 12.3. The van der Waals surface area contributed by atoms with Crippen molar-refractivity contribution in [2.75, 3.05) is 20.7 Å². The third kappa shape index (κ3) is 4.37. The van der Waals surface area contributed by atoms with E-state index in [2.05, 4.69) is 6.58 Å². The van der Waals surface area contributed by atoms with Gasteiger partial charge >= 0.3 is 5.97 Å². The van der Waals surface area contributed by atoms with E-state index in [1.54, 1.807) is 4.90 Å². The van der Waals surface area contributed by atoms with Crippen LogP contribution < -0.4 is 0 Å². The van der Waals surface area contributed by atoms with Gasteiger partial charge in [-0.3, -0.25) is 9.59 Å². The van der Waals surface area contributed by atoms with Gasteiger partial charge in [-0.15, -0.1) is 6.58 Å². The fourth-order valence-corrected chi connectivity index (χ4v) is 2.72. The predicted molar refractivity (Wildman–Crippen MR) is 74.5 cm³/mol. The number of rotatable bonds is 7. The van der Waals surface area contributed by atoms with Crippen LogP contribution in [0.5, 0.6) is 0 Å². The van der Waals surface area contributed by atoms with E-state index in [9.17, 15) is 9.59 Å². The van der Waals surface area contributed by atoms with Crippen molar-refractivity contribution in [2.24, 2.45) is 11.8 Å². The molecule has 1 rings (SSSR count). The van der Waals surface area contributed by atoms with Crippen LogP contribution in [0.4, 0.5) is 0 Å². The van der Waals surface area contributed by atoms with Crippen molar-refractivity contribution in [2.45, 2.75) is 38.5 Å². The average Bonchev–Trinajstić information content (AvgIpc) is 2.90. The molecule has 0 N–H and O–H groups in total. The Bertz CT molecular complexity index is 327. The van der Waals surface area contributed by atoms with Gasteiger partial charge in [-0.2, -0.15) is 0 Å². The van der Waals surface area contributed by atoms with Crippen LogP contribution in [0.1, 0.15) is 38.5 Å². The number of hydrogen-bond acceptors (Lipinski definition) is 3. The number of carbonyl (C=O) groups is 2. The molecular weight excluding hydrogens is 242 g/mol. The summed E-state index contributed by atoms with van der Waals surface area (Å²) in [4.78, 5) is 25.7. The van der Waals surface area contributed by atoms with Gasteiger partial charge in [-0.25, -0.2) is 0 Å². The molecule has 19 heavy (non-hydrogen) atoms. The molecule has 0 saturated heterocycles. The van der Waals surface area contributed by atoms with Gasteiger partial charge in [0.1, 0.15) is 0 Å². The van der Waals surface area contributed by atoms with Crippen LogP contribution in [0.2, 0.25) is 0 Å². The van der Waals surface area contributed by atoms with Crippen LogP contribution >= 0.6 is 0 Å². The van der Waals surface area contributed by atoms with E-state index in [0.29, 0.717) is 0 Å². The van der Waals surface area contributed by atoms with E-state index in [0.717, 1.165) is 45.1 Å². The van der Waals surface area contributed by atoms with Gasteiger partial charge in [-0.05, 0) is 32.1 Å². The lowest BCUT2D eigenvalue weighted by atomic mass is 9.94. The van der Waals surface area contributed by atoms with Crippen LogP contribution in [0, 0.1) is 11.8 Å². The lowest BCUT2D eigenvalue weighted by molar-refractivity contribution is -0.151. The van der Waals surface area contributed by atoms with Crippen molar-refractivity contribution < 1.29 is 14.3 Å². The number of amides is 1. The molecule has 4 nitrogen and oxygen atoms in total. The first-order chi connectivity index (χ1) is 9.11. The molecule has 1 aliphatic carbocycles. The standard InChI is InChI=1S/C15H25NO3/c1-4-5-6-7-11-16(2)14(17)12-9-8-10-13(12)15(18)19-3/h4,12-13H,1,5-11H2,2-3H3/t12-,13-/m1/s1. The maximum Gasteiger partial charge on any atom is 0.309 e. The van der Waals surface area contributed by atoms with E-state index >= 15 is 0 Å². The number of allylic oxidation sites excluding steroid dienone is 1. The molecule has 0 heterocycles. The molecule has 0 aromatic heterocycles. The number of carbonyl (C=O) groups excluding carboxylic acids is 2. The predicted octanol–water partition coefficient (Wildman–Crippen LogP) is 2.39. The third-order valence-electron chi connectivity index (χ3n) is 3.87. The van der Waals surface area contributed by atoms with Crippen LogP contribution in [0.25, 0.3) is 0 Å². The van der Waals surface area contributed by atoms with E-state index in [1.807, 2.05) is 13.1 Å². The second kappa shape index (κ2) is 7.97. The summed E-state index contributed by atoms with van der Waals surface area (Å²) in [5.41, 5.74) is 0. The van der Waals surface area contributed by atoms with Crippen LogP contribution in [0.15, 0.2) is 12.7 Å². The summed E-state index contributed by atoms with van der Waals surface area (Å²) in [5.74, 6) is -0.576. The summed E-state index contributed by atoms with van der Waals surface area (Å²) in [6.07, 6.45) is 7.40. The maximum atomic E-state index is 12.3. The SMILES string of the molecule is C=CCCCCN(C)C(=O)[C@@H]1CCC[C@H]1C(=O)OC. The van der Waals surface area contributed by atoms with Crippen molar-refractivity contribution >= 4 is 11.9 Å². The summed E-state index contributed by atoms with van der Waals surface area (Å²) in [6.45, 7) is 4.43. The summed E-state index contributed by atoms with van der Waals surface area (Å²) >= 11 is 0. The highest BCUT2D eigenvalue weighted by atomic mass is 16.5. The van der Waals surface area contributed by atoms with Gasteiger partial charge in [0, 0.05) is 13.6 Å². The minimum Gasteiger partial charge on any atom is -0.469 e. The van der Waals surface area contributed by atoms with Gasteiger partial charge in [-0.1, -0.05) is 12.5 Å². The molecule has 0 unspecified atom stereocenters. The van der Waals surface area contributed by atoms with Gasteiger partial charge in [0.25, 0.3) is 0 Å². The van der Waals surface area contributed by atoms with Crippen molar-refractivity contribution in [3.63, 3.8) is 0 Å². The highest BCUT2D eigenvalue weighted by Gasteiger charge is 2.39. The summed E-state index contributed by atoms with van der Waals surface area (Å²) in [5, 5.41) is 0. The number of esters is 1. The number of ether oxygens (including phenoxy) is 1. The van der Waals surface area contributed by atoms with E-state index in [4.69, 9.17) is 4.74 Å². The molecule has 0 aromatic rings. The van der Waals surface area contributed by atoms with Crippen molar-refractivity contribution in [1.29, 1.82) is 0 Å². The van der Waals surface area contributed by atoms with Gasteiger partial charge in [0.15, 0.2) is 0 Å². The molecule has 1 fully saturated rings. The molecule has 0 aliphatic heterocycles. The fraction of sp³-hybridized carbons (Fsp3) is 0.733. The molecule has 0 aromatic carbocycles. The first kappa shape index (κ1) is 15.7. The van der Waals surface area contributed by atoms with Gasteiger partial charge in [0.2, 0.25) is 5.91 Å². The highest BCUT2D eigenvalue weighted by Crippen LogP contribution is 2.33. The zero-order valence-corrected chi connectivity index (χ0v) is 12.1. The summed E-state index contributed by atoms with van der Waals surface area (Å²) < 4.78 is 4.79. The van der Waals surface area contributed by atoms with E-state index in [1.165, 1.54) is 7.11 Å². The normalized spacial score (nSPS) is 22.0. The van der Waals surface area contributed by atoms with Crippen LogP contribution in [0.3, 0.4) is 0 Å². The first-order valence-corrected chi connectivity index (χ1v) is 7.05. The topological polar surface area (TPSA) is 46.6 Å². The second-order valence-corrected chi connectivity index (χ2v) is 5.21. The zero-order valence-electron chi connectivity index (χ0n) is 12.1. The zero-order chi connectivity index (χ0) is 14.3. The Balaban J connectivity index is 2.46. The number of methoxy groups -OCH3 is 1. The molecule has 0 radical (unpaired) electrons. The molecule has 0 bridgehead atoms. The number of nitrogens with zero attached hydrogens (tertiary/aromatic N) is 1. The summed E-state index contributed by atoms with van der Waals surface area (Å²) in [6, 6.07) is 0. The highest BCUT2D eigenvalue weighted by molar-refractivity contribution is 5.85. The lowest BCUT2D eigenvalue weighted by Gasteiger charge is -2.24. The Morgan fingerprint density at radius 3 is 2.63 bits per heavy atom. The molecule has 1 aliphatic rings. The lowest BCUT2D eigenvalue weighted by Crippen LogP contribution is -2.37. The summed E-state index contributed by atoms with van der Waals surface area (Å²) in [7, 11) is 3.21. The largest absolute Gasteiger partial charge is 0.469 e. The van der Waals surface area contributed by atoms with Crippen molar-refractivity contribution in [3.8, 4) is 0 Å². The fourth-order valence-electron chi connectivity index (χ4n) is 2.72. The molecule has 1 saturated carbocycles. The van der Waals surface area contributed by atoms with Gasteiger partial charge in [0.05, 0.1) is 18.9 Å². The Kier molecular flexibility index (Phi) is 6.60. The number of unbranched alkanes of at least 4 members (excludes halogenated alkanes) is 2. The van der Waals surface area contributed by atoms with Crippen molar-refractivity contribution in [3.05, 3.63) is 12.7 Å². The average molecular weight is 267 g/mol. The Labute approximate surface area is 115 Å². The molecule has 0 spiro atoms. The second-order valence-electron chi connectivity index (χ2n) is 5.21. The molecule has 4 heteroatoms. The minimum absolute atomic E-state index is 0.0894. The first-order valence-electron chi connectivity index (χ1n) is 7.05. The smallest absolute Gasteiger partial charge is 0.309 e.